The second kappa shape index (κ2) is 15.8. The Morgan fingerprint density at radius 3 is 2.24 bits per heavy atom. The van der Waals surface area contributed by atoms with Gasteiger partial charge >= 0.3 is 12.3 Å². The van der Waals surface area contributed by atoms with E-state index >= 15 is 0 Å². The largest absolute Gasteiger partial charge is 0.573 e. The smallest absolute Gasteiger partial charge is 0.479 e. The maximum absolute atomic E-state index is 12.7. The fourth-order valence-corrected chi connectivity index (χ4v) is 5.15. The molecule has 0 aromatic heterocycles. The second-order valence-corrected chi connectivity index (χ2v) is 10.8. The first-order valence-electron chi connectivity index (χ1n) is 14.7. The molecule has 3 aromatic rings. The Labute approximate surface area is 264 Å². The van der Waals surface area contributed by atoms with Gasteiger partial charge < -0.3 is 30.5 Å². The molecular weight excluding hydrogens is 603 g/mol. The summed E-state index contributed by atoms with van der Waals surface area (Å²) in [4.78, 5) is 29.5. The molecule has 0 spiro atoms. The number of nitrogens with one attached hydrogen (secondary N) is 2. The van der Waals surface area contributed by atoms with Crippen molar-refractivity contribution < 1.29 is 37.7 Å². The fourth-order valence-electron chi connectivity index (χ4n) is 5.15. The van der Waals surface area contributed by atoms with E-state index in [-0.39, 0.29) is 30.4 Å². The number of aliphatic carboxylic acids is 1. The monoisotopic (exact) mass is 637 g/mol. The molecule has 1 aliphatic carbocycles. The van der Waals surface area contributed by atoms with Crippen LogP contribution < -0.4 is 20.3 Å². The molecule has 242 valence electrons. The number of benzene rings is 3. The number of nitrogens with zero attached hydrogens (tertiary/aromatic N) is 3. The third kappa shape index (κ3) is 9.97. The number of carbonyl (C=O) groups is 2. The molecular formula is C33H34F3N5O5. The first-order chi connectivity index (χ1) is 22.0. The van der Waals surface area contributed by atoms with Crippen molar-refractivity contribution in [2.75, 3.05) is 23.3 Å². The van der Waals surface area contributed by atoms with E-state index in [2.05, 4.69) is 32.5 Å². The summed E-state index contributed by atoms with van der Waals surface area (Å²) in [6.07, 6.45) is -0.687. The van der Waals surface area contributed by atoms with E-state index in [1.54, 1.807) is 24.3 Å². The van der Waals surface area contributed by atoms with Crippen molar-refractivity contribution in [3.63, 3.8) is 0 Å². The lowest BCUT2D eigenvalue weighted by molar-refractivity contribution is -0.274. The number of anilines is 2. The highest BCUT2D eigenvalue weighted by Crippen LogP contribution is 2.34. The fraction of sp³-hybridized carbons (Fsp3) is 0.333. The molecule has 1 saturated carbocycles. The van der Waals surface area contributed by atoms with Crippen LogP contribution in [0.15, 0.2) is 77.8 Å². The van der Waals surface area contributed by atoms with Crippen molar-refractivity contribution in [1.29, 1.82) is 5.26 Å². The van der Waals surface area contributed by atoms with E-state index < -0.39 is 30.9 Å². The van der Waals surface area contributed by atoms with Gasteiger partial charge in [0.1, 0.15) is 12.3 Å². The average Bonchev–Trinajstić information content (AvgIpc) is 3.05. The van der Waals surface area contributed by atoms with E-state index in [4.69, 9.17) is 5.11 Å². The summed E-state index contributed by atoms with van der Waals surface area (Å²) in [6.45, 7) is -0.418. The minimum atomic E-state index is -4.83. The number of aliphatic hydroxyl groups is 1. The maximum Gasteiger partial charge on any atom is 0.573 e. The summed E-state index contributed by atoms with van der Waals surface area (Å²) >= 11 is 0. The Morgan fingerprint density at radius 1 is 1.00 bits per heavy atom. The van der Waals surface area contributed by atoms with Gasteiger partial charge in [0.25, 0.3) is 5.91 Å². The van der Waals surface area contributed by atoms with Crippen molar-refractivity contribution in [2.45, 2.75) is 57.0 Å². The number of guanidine groups is 1. The van der Waals surface area contributed by atoms with Crippen molar-refractivity contribution in [3.8, 4) is 11.8 Å². The van der Waals surface area contributed by atoms with Gasteiger partial charge in [-0.05, 0) is 78.4 Å². The van der Waals surface area contributed by atoms with Gasteiger partial charge in [-0.1, -0.05) is 43.5 Å². The van der Waals surface area contributed by atoms with Gasteiger partial charge in [0.2, 0.25) is 5.96 Å². The van der Waals surface area contributed by atoms with Gasteiger partial charge in [-0.15, -0.1) is 13.2 Å². The van der Waals surface area contributed by atoms with Crippen molar-refractivity contribution in [3.05, 3.63) is 89.5 Å². The molecule has 1 atom stereocenters. The molecule has 13 heteroatoms. The Balaban J connectivity index is 1.60. The quantitative estimate of drug-likeness (QED) is 0.117. The molecule has 0 bridgehead atoms. The number of aliphatic hydroxyl groups excluding tert-OH is 1. The zero-order chi connectivity index (χ0) is 33.1. The summed E-state index contributed by atoms with van der Waals surface area (Å²) in [5, 5.41) is 33.1. The highest BCUT2D eigenvalue weighted by molar-refractivity contribution is 6.05. The van der Waals surface area contributed by atoms with Gasteiger partial charge in [0.05, 0.1) is 19.2 Å². The molecule has 4 rings (SSSR count). The van der Waals surface area contributed by atoms with Crippen LogP contribution in [0, 0.1) is 11.3 Å². The van der Waals surface area contributed by atoms with Crippen LogP contribution in [-0.2, 0) is 11.3 Å². The second-order valence-electron chi connectivity index (χ2n) is 10.8. The Morgan fingerprint density at radius 2 is 1.65 bits per heavy atom. The number of amides is 1. The van der Waals surface area contributed by atoms with Crippen LogP contribution in [0.5, 0.6) is 5.75 Å². The van der Waals surface area contributed by atoms with Crippen LogP contribution in [0.1, 0.15) is 59.5 Å². The number of halogens is 3. The van der Waals surface area contributed by atoms with Crippen LogP contribution in [0.4, 0.5) is 24.5 Å². The predicted octanol–water partition coefficient (Wildman–Crippen LogP) is 5.81. The first-order valence-corrected chi connectivity index (χ1v) is 14.7. The number of nitriles is 1. The van der Waals surface area contributed by atoms with E-state index in [1.807, 2.05) is 23.1 Å². The topological polar surface area (TPSA) is 147 Å². The zero-order valence-electron chi connectivity index (χ0n) is 24.8. The molecule has 0 heterocycles. The standard InChI is InChI=1S/C33H34F3N5O5/c34-33(35,36)46-28-16-12-26(13-17-28)40-32(38-19-18-37)41(27-14-10-24(11-15-27)23-4-2-1-3-5-23)21-22-6-8-25(9-7-22)30(43)39-20-29(42)31(44)45/h6-17,23,29,42H,1-5,19-21H2,(H,38,40)(H,39,43)(H,44,45)/t29-/m1/s1. The number of alkyl halides is 3. The Kier molecular flexibility index (Phi) is 11.6. The maximum atomic E-state index is 12.7. The number of carboxylic acids is 1. The molecule has 0 aliphatic heterocycles. The molecule has 1 amide bonds. The van der Waals surface area contributed by atoms with Gasteiger partial charge in [-0.25, -0.2) is 9.79 Å². The number of hydrogen-bond acceptors (Lipinski definition) is 6. The molecule has 10 nitrogen and oxygen atoms in total. The molecule has 0 radical (unpaired) electrons. The highest BCUT2D eigenvalue weighted by Gasteiger charge is 2.31. The number of carboxylic acid groups (broad SMARTS) is 1. The predicted molar refractivity (Wildman–Crippen MR) is 166 cm³/mol. The van der Waals surface area contributed by atoms with Crippen LogP contribution in [-0.4, -0.2) is 53.6 Å². The van der Waals surface area contributed by atoms with Gasteiger partial charge in [0, 0.05) is 16.9 Å². The number of ether oxygens (including phenoxy) is 1. The number of carbonyl (C=O) groups excluding carboxylic acids is 1. The lowest BCUT2D eigenvalue weighted by Gasteiger charge is -2.28. The van der Waals surface area contributed by atoms with Gasteiger partial charge in [-0.3, -0.25) is 4.79 Å². The normalized spacial score (nSPS) is 14.5. The molecule has 4 N–H and O–H groups in total. The van der Waals surface area contributed by atoms with Crippen LogP contribution in [0.2, 0.25) is 0 Å². The lowest BCUT2D eigenvalue weighted by Crippen LogP contribution is -2.37. The lowest BCUT2D eigenvalue weighted by atomic mass is 9.84. The van der Waals surface area contributed by atoms with Crippen LogP contribution in [0.25, 0.3) is 0 Å². The van der Waals surface area contributed by atoms with E-state index in [0.717, 1.165) is 24.1 Å². The summed E-state index contributed by atoms with van der Waals surface area (Å²) < 4.78 is 41.9. The molecule has 1 fully saturated rings. The average molecular weight is 638 g/mol. The van der Waals surface area contributed by atoms with Gasteiger partial charge in [0.15, 0.2) is 6.10 Å². The summed E-state index contributed by atoms with van der Waals surface area (Å²) in [5.41, 5.74) is 3.38. The van der Waals surface area contributed by atoms with E-state index in [0.29, 0.717) is 11.6 Å². The number of aliphatic imine (C=N–C) groups is 1. The SMILES string of the molecule is N#CCN=C(Nc1ccc(OC(F)(F)F)cc1)N(Cc1ccc(C(=O)NC[C@@H](O)C(=O)O)cc1)c1ccc(C2CCCCC2)cc1. The molecule has 1 aliphatic rings. The zero-order valence-corrected chi connectivity index (χ0v) is 24.8. The van der Waals surface area contributed by atoms with Crippen molar-refractivity contribution >= 4 is 29.2 Å². The van der Waals surface area contributed by atoms with E-state index in [1.165, 1.54) is 49.1 Å². The molecule has 0 saturated heterocycles. The number of hydrogen-bond donors (Lipinski definition) is 4. The van der Waals surface area contributed by atoms with Crippen molar-refractivity contribution in [1.82, 2.24) is 5.32 Å². The highest BCUT2D eigenvalue weighted by atomic mass is 19.4. The summed E-state index contributed by atoms with van der Waals surface area (Å²) in [7, 11) is 0. The first kappa shape index (κ1) is 33.8. The van der Waals surface area contributed by atoms with E-state index in [9.17, 15) is 33.1 Å². The Hall–Kier alpha value is -5.09. The molecule has 0 unspecified atom stereocenters. The molecule has 3 aromatic carbocycles. The third-order valence-corrected chi connectivity index (χ3v) is 7.48. The Bertz CT molecular complexity index is 1530. The van der Waals surface area contributed by atoms with Crippen LogP contribution >= 0.6 is 0 Å². The molecule has 46 heavy (non-hydrogen) atoms. The van der Waals surface area contributed by atoms with Crippen LogP contribution in [0.3, 0.4) is 0 Å². The minimum absolute atomic E-state index is 0.199. The minimum Gasteiger partial charge on any atom is -0.479 e. The third-order valence-electron chi connectivity index (χ3n) is 7.48. The summed E-state index contributed by atoms with van der Waals surface area (Å²) in [5.74, 6) is -1.64. The summed E-state index contributed by atoms with van der Waals surface area (Å²) in [6, 6.07) is 21.7. The van der Waals surface area contributed by atoms with Gasteiger partial charge in [-0.2, -0.15) is 5.26 Å². The number of rotatable bonds is 11. The van der Waals surface area contributed by atoms with Crippen molar-refractivity contribution in [2.24, 2.45) is 4.99 Å².